The highest BCUT2D eigenvalue weighted by Crippen LogP contribution is 2.22. The van der Waals surface area contributed by atoms with Gasteiger partial charge in [-0.25, -0.2) is 9.97 Å². The zero-order chi connectivity index (χ0) is 15.8. The number of aryl methyl sites for hydroxylation is 1. The predicted molar refractivity (Wildman–Crippen MR) is 92.1 cm³/mol. The van der Waals surface area contributed by atoms with Crippen LogP contribution < -0.4 is 10.6 Å². The van der Waals surface area contributed by atoms with Crippen LogP contribution in [0.4, 0.5) is 11.6 Å². The van der Waals surface area contributed by atoms with Crippen LogP contribution in [-0.4, -0.2) is 22.6 Å². The Morgan fingerprint density at radius 2 is 1.67 bits per heavy atom. The molecule has 1 atom stereocenters. The van der Waals surface area contributed by atoms with Gasteiger partial charge in [-0.3, -0.25) is 0 Å². The monoisotopic (exact) mass is 292 g/mol. The smallest absolute Gasteiger partial charge is 0.134 e. The van der Waals surface area contributed by atoms with Crippen LogP contribution in [0.25, 0.3) is 0 Å². The minimum Gasteiger partial charge on any atom is -0.370 e. The zero-order valence-electron chi connectivity index (χ0n) is 14.6. The topological polar surface area (TPSA) is 49.8 Å². The van der Waals surface area contributed by atoms with Crippen LogP contribution in [0.3, 0.4) is 0 Å². The van der Waals surface area contributed by atoms with Crippen molar-refractivity contribution in [2.24, 2.45) is 5.92 Å². The SMILES string of the molecule is CCNc1nc(CC)nc(NC(C)CCCC(C)C)c1C. The Balaban J connectivity index is 2.74. The highest BCUT2D eigenvalue weighted by molar-refractivity contribution is 5.57. The van der Waals surface area contributed by atoms with Crippen molar-refractivity contribution in [3.63, 3.8) is 0 Å². The lowest BCUT2D eigenvalue weighted by atomic mass is 10.0. The van der Waals surface area contributed by atoms with Crippen LogP contribution in [0.1, 0.15) is 65.3 Å². The van der Waals surface area contributed by atoms with Gasteiger partial charge in [-0.05, 0) is 33.1 Å². The van der Waals surface area contributed by atoms with E-state index < -0.39 is 0 Å². The van der Waals surface area contributed by atoms with E-state index in [1.165, 1.54) is 19.3 Å². The first-order chi connectivity index (χ1) is 9.97. The van der Waals surface area contributed by atoms with Gasteiger partial charge >= 0.3 is 0 Å². The predicted octanol–water partition coefficient (Wildman–Crippen LogP) is 4.41. The van der Waals surface area contributed by atoms with Crippen molar-refractivity contribution in [3.8, 4) is 0 Å². The van der Waals surface area contributed by atoms with Crippen LogP contribution in [-0.2, 0) is 6.42 Å². The third kappa shape index (κ3) is 5.90. The Hall–Kier alpha value is -1.32. The number of hydrogen-bond acceptors (Lipinski definition) is 4. The highest BCUT2D eigenvalue weighted by atomic mass is 15.1. The van der Waals surface area contributed by atoms with Gasteiger partial charge in [0.1, 0.15) is 17.5 Å². The second kappa shape index (κ2) is 8.85. The van der Waals surface area contributed by atoms with Crippen molar-refractivity contribution in [2.45, 2.75) is 73.3 Å². The van der Waals surface area contributed by atoms with E-state index in [0.717, 1.165) is 41.9 Å². The van der Waals surface area contributed by atoms with Gasteiger partial charge in [0.15, 0.2) is 0 Å². The standard InChI is InChI=1S/C17H32N4/c1-7-15-20-16(18-8-2)14(6)17(21-15)19-13(5)11-9-10-12(3)4/h12-13H,7-11H2,1-6H3,(H2,18,19,20,21). The maximum Gasteiger partial charge on any atom is 0.134 e. The van der Waals surface area contributed by atoms with E-state index in [-0.39, 0.29) is 0 Å². The van der Waals surface area contributed by atoms with E-state index >= 15 is 0 Å². The summed E-state index contributed by atoms with van der Waals surface area (Å²) >= 11 is 0. The fraction of sp³-hybridized carbons (Fsp3) is 0.765. The number of rotatable bonds is 9. The second-order valence-electron chi connectivity index (χ2n) is 6.22. The first-order valence-electron chi connectivity index (χ1n) is 8.35. The molecule has 0 saturated carbocycles. The number of nitrogens with one attached hydrogen (secondary N) is 2. The third-order valence-electron chi connectivity index (χ3n) is 3.65. The van der Waals surface area contributed by atoms with Gasteiger partial charge in [0, 0.05) is 24.6 Å². The first-order valence-corrected chi connectivity index (χ1v) is 8.35. The molecule has 1 rings (SSSR count). The van der Waals surface area contributed by atoms with Gasteiger partial charge in [0.25, 0.3) is 0 Å². The molecule has 1 aromatic heterocycles. The molecule has 2 N–H and O–H groups in total. The van der Waals surface area contributed by atoms with Gasteiger partial charge in [0.2, 0.25) is 0 Å². The zero-order valence-corrected chi connectivity index (χ0v) is 14.6. The van der Waals surface area contributed by atoms with Crippen LogP contribution in [0.5, 0.6) is 0 Å². The number of nitrogens with zero attached hydrogens (tertiary/aromatic N) is 2. The molecule has 0 spiro atoms. The lowest BCUT2D eigenvalue weighted by Gasteiger charge is -2.19. The molecule has 0 aliphatic heterocycles. The van der Waals surface area contributed by atoms with Crippen LogP contribution in [0, 0.1) is 12.8 Å². The average Bonchev–Trinajstić information content (AvgIpc) is 2.42. The molecule has 1 aromatic rings. The fourth-order valence-corrected chi connectivity index (χ4v) is 2.34. The van der Waals surface area contributed by atoms with Crippen LogP contribution in [0.2, 0.25) is 0 Å². The number of anilines is 2. The van der Waals surface area contributed by atoms with Crippen molar-refractivity contribution < 1.29 is 0 Å². The van der Waals surface area contributed by atoms with Crippen LogP contribution in [0.15, 0.2) is 0 Å². The molecule has 0 radical (unpaired) electrons. The molecule has 0 aliphatic carbocycles. The molecule has 1 unspecified atom stereocenters. The maximum atomic E-state index is 4.65. The molecule has 0 amide bonds. The van der Waals surface area contributed by atoms with E-state index in [2.05, 4.69) is 62.1 Å². The molecule has 120 valence electrons. The molecule has 0 aliphatic rings. The Morgan fingerprint density at radius 1 is 1.00 bits per heavy atom. The molecular formula is C17H32N4. The lowest BCUT2D eigenvalue weighted by molar-refractivity contribution is 0.520. The largest absolute Gasteiger partial charge is 0.370 e. The van der Waals surface area contributed by atoms with Crippen LogP contribution >= 0.6 is 0 Å². The molecule has 0 saturated heterocycles. The van der Waals surface area contributed by atoms with E-state index in [1.54, 1.807) is 0 Å². The molecule has 1 heterocycles. The van der Waals surface area contributed by atoms with Crippen molar-refractivity contribution in [1.29, 1.82) is 0 Å². The normalized spacial score (nSPS) is 12.5. The first kappa shape index (κ1) is 17.7. The summed E-state index contributed by atoms with van der Waals surface area (Å²) in [5.74, 6) is 3.62. The Kier molecular flexibility index (Phi) is 7.48. The van der Waals surface area contributed by atoms with Gasteiger partial charge in [0.05, 0.1) is 0 Å². The van der Waals surface area contributed by atoms with E-state index in [1.807, 2.05) is 0 Å². The van der Waals surface area contributed by atoms with E-state index in [4.69, 9.17) is 0 Å². The summed E-state index contributed by atoms with van der Waals surface area (Å²) in [4.78, 5) is 9.23. The van der Waals surface area contributed by atoms with Crippen molar-refractivity contribution >= 4 is 11.6 Å². The quantitative estimate of drug-likeness (QED) is 0.708. The van der Waals surface area contributed by atoms with Gasteiger partial charge in [-0.1, -0.05) is 33.6 Å². The van der Waals surface area contributed by atoms with Crippen molar-refractivity contribution in [3.05, 3.63) is 11.4 Å². The third-order valence-corrected chi connectivity index (χ3v) is 3.65. The number of hydrogen-bond donors (Lipinski definition) is 2. The molecule has 4 nitrogen and oxygen atoms in total. The minimum absolute atomic E-state index is 0.441. The average molecular weight is 292 g/mol. The van der Waals surface area contributed by atoms with Gasteiger partial charge in [-0.2, -0.15) is 0 Å². The fourth-order valence-electron chi connectivity index (χ4n) is 2.34. The Morgan fingerprint density at radius 3 is 2.24 bits per heavy atom. The highest BCUT2D eigenvalue weighted by Gasteiger charge is 2.12. The molecule has 0 bridgehead atoms. The second-order valence-corrected chi connectivity index (χ2v) is 6.22. The molecule has 0 fully saturated rings. The molecule has 21 heavy (non-hydrogen) atoms. The number of aromatic nitrogens is 2. The van der Waals surface area contributed by atoms with Crippen molar-refractivity contribution in [1.82, 2.24) is 9.97 Å². The summed E-state index contributed by atoms with van der Waals surface area (Å²) in [7, 11) is 0. The maximum absolute atomic E-state index is 4.65. The summed E-state index contributed by atoms with van der Waals surface area (Å²) in [6, 6.07) is 0.441. The minimum atomic E-state index is 0.441. The van der Waals surface area contributed by atoms with Crippen molar-refractivity contribution in [2.75, 3.05) is 17.2 Å². The lowest BCUT2D eigenvalue weighted by Crippen LogP contribution is -2.19. The summed E-state index contributed by atoms with van der Waals surface area (Å²) in [5.41, 5.74) is 1.12. The van der Waals surface area contributed by atoms with E-state index in [9.17, 15) is 0 Å². The van der Waals surface area contributed by atoms with Gasteiger partial charge in [-0.15, -0.1) is 0 Å². The van der Waals surface area contributed by atoms with E-state index in [0.29, 0.717) is 6.04 Å². The summed E-state index contributed by atoms with van der Waals surface area (Å²) in [6.45, 7) is 13.9. The summed E-state index contributed by atoms with van der Waals surface area (Å²) in [6.07, 6.45) is 4.59. The summed E-state index contributed by atoms with van der Waals surface area (Å²) < 4.78 is 0. The molecule has 0 aromatic carbocycles. The summed E-state index contributed by atoms with van der Waals surface area (Å²) in [5, 5.41) is 6.90. The molecule has 4 heteroatoms. The molecular weight excluding hydrogens is 260 g/mol. The Labute approximate surface area is 130 Å². The Bertz CT molecular complexity index is 429. The van der Waals surface area contributed by atoms with Gasteiger partial charge < -0.3 is 10.6 Å².